The highest BCUT2D eigenvalue weighted by Crippen LogP contribution is 2.32. The Morgan fingerprint density at radius 3 is 2.61 bits per heavy atom. The third kappa shape index (κ3) is 4.31. The predicted octanol–water partition coefficient (Wildman–Crippen LogP) is 2.33. The molecular weight excluding hydrogens is 294 g/mol. The molecule has 1 unspecified atom stereocenters. The fourth-order valence-electron chi connectivity index (χ4n) is 3.77. The topological polar surface area (TPSA) is 88.3 Å². The molecule has 2 fully saturated rings. The van der Waals surface area contributed by atoms with E-state index < -0.39 is 6.10 Å². The molecule has 1 atom stereocenters. The monoisotopic (exact) mass is 321 g/mol. The number of rotatable bonds is 6. The van der Waals surface area contributed by atoms with Gasteiger partial charge < -0.3 is 14.9 Å². The lowest BCUT2D eigenvalue weighted by atomic mass is 9.85. The van der Waals surface area contributed by atoms with E-state index >= 15 is 0 Å². The molecule has 0 aliphatic heterocycles. The molecule has 6 heteroatoms. The standard InChI is InChI=1S/C17H27N3O3/c21-15(12-6-2-1-3-7-12)16(22)18-11-10-14-19-17(23-20-14)13-8-4-5-9-13/h12-13,15,21H,1-11H2,(H,18,22). The van der Waals surface area contributed by atoms with Gasteiger partial charge in [-0.1, -0.05) is 37.3 Å². The van der Waals surface area contributed by atoms with E-state index in [1.807, 2.05) is 0 Å². The summed E-state index contributed by atoms with van der Waals surface area (Å²) in [6, 6.07) is 0. The molecule has 2 saturated carbocycles. The van der Waals surface area contributed by atoms with Crippen molar-refractivity contribution in [3.8, 4) is 0 Å². The summed E-state index contributed by atoms with van der Waals surface area (Å²) >= 11 is 0. The van der Waals surface area contributed by atoms with Gasteiger partial charge in [0.15, 0.2) is 5.82 Å². The summed E-state index contributed by atoms with van der Waals surface area (Å²) in [5.74, 6) is 1.64. The molecule has 2 N–H and O–H groups in total. The highest BCUT2D eigenvalue weighted by atomic mass is 16.5. The van der Waals surface area contributed by atoms with Gasteiger partial charge in [-0.15, -0.1) is 0 Å². The first-order chi connectivity index (χ1) is 11.2. The Hall–Kier alpha value is -1.43. The predicted molar refractivity (Wildman–Crippen MR) is 84.8 cm³/mol. The van der Waals surface area contributed by atoms with Crippen molar-refractivity contribution in [2.24, 2.45) is 5.92 Å². The zero-order valence-electron chi connectivity index (χ0n) is 13.7. The molecule has 0 aromatic carbocycles. The van der Waals surface area contributed by atoms with Gasteiger partial charge in [-0.3, -0.25) is 4.79 Å². The van der Waals surface area contributed by atoms with Crippen LogP contribution < -0.4 is 5.32 Å². The maximum absolute atomic E-state index is 12.0. The van der Waals surface area contributed by atoms with E-state index in [-0.39, 0.29) is 11.8 Å². The van der Waals surface area contributed by atoms with Crippen LogP contribution in [0.15, 0.2) is 4.52 Å². The maximum atomic E-state index is 12.0. The fourth-order valence-corrected chi connectivity index (χ4v) is 3.77. The Morgan fingerprint density at radius 1 is 1.17 bits per heavy atom. The Morgan fingerprint density at radius 2 is 1.87 bits per heavy atom. The molecule has 2 aliphatic rings. The lowest BCUT2D eigenvalue weighted by Gasteiger charge is -2.25. The minimum absolute atomic E-state index is 0.114. The fraction of sp³-hybridized carbons (Fsp3) is 0.824. The first-order valence-corrected chi connectivity index (χ1v) is 9.02. The van der Waals surface area contributed by atoms with Crippen LogP contribution in [0.2, 0.25) is 0 Å². The second-order valence-electron chi connectivity index (χ2n) is 6.91. The lowest BCUT2D eigenvalue weighted by molar-refractivity contribution is -0.132. The number of carbonyl (C=O) groups is 1. The third-order valence-electron chi connectivity index (χ3n) is 5.20. The van der Waals surface area contributed by atoms with Crippen molar-refractivity contribution in [1.29, 1.82) is 0 Å². The van der Waals surface area contributed by atoms with E-state index in [1.165, 1.54) is 19.3 Å². The summed E-state index contributed by atoms with van der Waals surface area (Å²) in [5.41, 5.74) is 0. The summed E-state index contributed by atoms with van der Waals surface area (Å²) in [6.45, 7) is 0.437. The molecule has 0 radical (unpaired) electrons. The molecule has 6 nitrogen and oxygen atoms in total. The second-order valence-corrected chi connectivity index (χ2v) is 6.91. The number of amides is 1. The highest BCUT2D eigenvalue weighted by Gasteiger charge is 2.27. The van der Waals surface area contributed by atoms with E-state index in [0.717, 1.165) is 44.4 Å². The Labute approximate surface area is 137 Å². The van der Waals surface area contributed by atoms with Gasteiger partial charge in [0.25, 0.3) is 0 Å². The number of nitrogens with one attached hydrogen (secondary N) is 1. The summed E-state index contributed by atoms with van der Waals surface area (Å²) in [4.78, 5) is 16.5. The van der Waals surface area contributed by atoms with Crippen LogP contribution in [-0.4, -0.2) is 33.8 Å². The zero-order chi connectivity index (χ0) is 16.1. The Kier molecular flexibility index (Phi) is 5.65. The molecule has 0 bridgehead atoms. The first-order valence-electron chi connectivity index (χ1n) is 9.02. The third-order valence-corrected chi connectivity index (χ3v) is 5.20. The van der Waals surface area contributed by atoms with Crippen molar-refractivity contribution in [3.63, 3.8) is 0 Å². The first kappa shape index (κ1) is 16.4. The van der Waals surface area contributed by atoms with E-state index in [0.29, 0.717) is 24.7 Å². The van der Waals surface area contributed by atoms with Crippen molar-refractivity contribution < 1.29 is 14.4 Å². The summed E-state index contributed by atoms with van der Waals surface area (Å²) in [7, 11) is 0. The lowest BCUT2D eigenvalue weighted by Crippen LogP contribution is -2.40. The summed E-state index contributed by atoms with van der Waals surface area (Å²) in [6.07, 6.45) is 9.73. The van der Waals surface area contributed by atoms with Gasteiger partial charge in [0, 0.05) is 18.9 Å². The van der Waals surface area contributed by atoms with Crippen LogP contribution in [0, 0.1) is 5.92 Å². The molecular formula is C17H27N3O3. The molecule has 0 spiro atoms. The van der Waals surface area contributed by atoms with Gasteiger partial charge >= 0.3 is 0 Å². The van der Waals surface area contributed by atoms with E-state index in [4.69, 9.17) is 4.52 Å². The number of hydrogen-bond acceptors (Lipinski definition) is 5. The number of aromatic nitrogens is 2. The van der Waals surface area contributed by atoms with Crippen LogP contribution in [-0.2, 0) is 11.2 Å². The minimum atomic E-state index is -0.880. The summed E-state index contributed by atoms with van der Waals surface area (Å²) in [5, 5.41) is 16.9. The van der Waals surface area contributed by atoms with E-state index in [9.17, 15) is 9.90 Å². The number of hydrogen-bond donors (Lipinski definition) is 2. The highest BCUT2D eigenvalue weighted by molar-refractivity contribution is 5.80. The summed E-state index contributed by atoms with van der Waals surface area (Å²) < 4.78 is 5.33. The maximum Gasteiger partial charge on any atom is 0.249 e. The van der Waals surface area contributed by atoms with Gasteiger partial charge in [-0.25, -0.2) is 0 Å². The molecule has 1 amide bonds. The molecule has 3 rings (SSSR count). The van der Waals surface area contributed by atoms with Crippen molar-refractivity contribution in [2.75, 3.05) is 6.54 Å². The van der Waals surface area contributed by atoms with E-state index in [1.54, 1.807) is 0 Å². The van der Waals surface area contributed by atoms with Crippen molar-refractivity contribution in [2.45, 2.75) is 76.2 Å². The quantitative estimate of drug-likeness (QED) is 0.839. The normalized spacial score (nSPS) is 21.4. The van der Waals surface area contributed by atoms with E-state index in [2.05, 4.69) is 15.5 Å². The number of aliphatic hydroxyl groups is 1. The molecule has 23 heavy (non-hydrogen) atoms. The van der Waals surface area contributed by atoms with Crippen molar-refractivity contribution >= 4 is 5.91 Å². The minimum Gasteiger partial charge on any atom is -0.383 e. The molecule has 1 heterocycles. The number of carbonyl (C=O) groups excluding carboxylic acids is 1. The van der Waals surface area contributed by atoms with Crippen molar-refractivity contribution in [3.05, 3.63) is 11.7 Å². The average molecular weight is 321 g/mol. The van der Waals surface area contributed by atoms with Gasteiger partial charge in [-0.2, -0.15) is 4.98 Å². The van der Waals surface area contributed by atoms with Crippen LogP contribution in [0.3, 0.4) is 0 Å². The number of nitrogens with zero attached hydrogens (tertiary/aromatic N) is 2. The number of aliphatic hydroxyl groups excluding tert-OH is 1. The van der Waals surface area contributed by atoms with Crippen LogP contribution in [0.5, 0.6) is 0 Å². The van der Waals surface area contributed by atoms with Crippen LogP contribution in [0.4, 0.5) is 0 Å². The van der Waals surface area contributed by atoms with Crippen LogP contribution >= 0.6 is 0 Å². The van der Waals surface area contributed by atoms with Gasteiger partial charge in [0.2, 0.25) is 11.8 Å². The largest absolute Gasteiger partial charge is 0.383 e. The van der Waals surface area contributed by atoms with Gasteiger partial charge in [0.05, 0.1) is 0 Å². The van der Waals surface area contributed by atoms with Gasteiger partial charge in [-0.05, 0) is 31.6 Å². The zero-order valence-corrected chi connectivity index (χ0v) is 13.7. The molecule has 0 saturated heterocycles. The Bertz CT molecular complexity index is 505. The average Bonchev–Trinajstić information content (AvgIpc) is 3.26. The Balaban J connectivity index is 1.41. The molecule has 128 valence electrons. The second kappa shape index (κ2) is 7.90. The molecule has 2 aliphatic carbocycles. The van der Waals surface area contributed by atoms with Crippen LogP contribution in [0.25, 0.3) is 0 Å². The van der Waals surface area contributed by atoms with Gasteiger partial charge in [0.1, 0.15) is 6.10 Å². The molecule has 1 aromatic heterocycles. The smallest absolute Gasteiger partial charge is 0.249 e. The van der Waals surface area contributed by atoms with Crippen molar-refractivity contribution in [1.82, 2.24) is 15.5 Å². The van der Waals surface area contributed by atoms with Crippen LogP contribution in [0.1, 0.15) is 75.4 Å². The molecule has 1 aromatic rings. The SMILES string of the molecule is O=C(NCCc1noc(C2CCCC2)n1)C(O)C1CCCCC1.